The van der Waals surface area contributed by atoms with E-state index in [1.165, 1.54) is 49.6 Å². The van der Waals surface area contributed by atoms with Crippen molar-refractivity contribution in [1.29, 1.82) is 0 Å². The van der Waals surface area contributed by atoms with E-state index < -0.39 is 23.4 Å². The van der Waals surface area contributed by atoms with E-state index in [4.69, 9.17) is 9.47 Å². The number of carbonyl (C=O) groups excluding carboxylic acids is 2. The number of halogens is 1. The van der Waals surface area contributed by atoms with Crippen LogP contribution in [-0.4, -0.2) is 42.1 Å². The number of nitrogens with zero attached hydrogens (tertiary/aromatic N) is 2. The van der Waals surface area contributed by atoms with E-state index in [1.54, 1.807) is 18.2 Å². The molecule has 9 nitrogen and oxygen atoms in total. The Kier molecular flexibility index (Phi) is 7.07. The number of hydrogen-bond donors (Lipinski definition) is 2. The highest BCUT2D eigenvalue weighted by atomic mass is 19.1. The Balaban J connectivity index is 1.72. The van der Waals surface area contributed by atoms with Gasteiger partial charge in [0, 0.05) is 24.6 Å². The highest BCUT2D eigenvalue weighted by molar-refractivity contribution is 6.03. The summed E-state index contributed by atoms with van der Waals surface area (Å²) in [6.45, 7) is 0.380. The van der Waals surface area contributed by atoms with E-state index in [0.717, 1.165) is 4.68 Å². The Morgan fingerprint density at radius 3 is 2.42 bits per heavy atom. The summed E-state index contributed by atoms with van der Waals surface area (Å²) < 4.78 is 23.9. The van der Waals surface area contributed by atoms with Crippen LogP contribution in [0.3, 0.4) is 0 Å². The molecule has 10 heteroatoms. The highest BCUT2D eigenvalue weighted by Crippen LogP contribution is 2.16. The van der Waals surface area contributed by atoms with Crippen LogP contribution in [-0.2, 0) is 9.47 Å². The second-order valence-electron chi connectivity index (χ2n) is 6.23. The zero-order valence-electron chi connectivity index (χ0n) is 16.5. The third-order valence-electron chi connectivity index (χ3n) is 3.99. The Morgan fingerprint density at radius 2 is 1.71 bits per heavy atom. The van der Waals surface area contributed by atoms with Crippen LogP contribution in [0.5, 0.6) is 0 Å². The maximum atomic E-state index is 13.1. The molecule has 0 saturated heterocycles. The summed E-state index contributed by atoms with van der Waals surface area (Å²) in [6.07, 6.45) is -0.659. The molecule has 0 fully saturated rings. The van der Waals surface area contributed by atoms with Crippen molar-refractivity contribution in [2.45, 2.75) is 0 Å². The predicted octanol–water partition coefficient (Wildman–Crippen LogP) is 2.82. The van der Waals surface area contributed by atoms with Gasteiger partial charge in [-0.25, -0.2) is 9.18 Å². The number of anilines is 2. The van der Waals surface area contributed by atoms with Crippen LogP contribution < -0.4 is 16.2 Å². The molecule has 160 valence electrons. The van der Waals surface area contributed by atoms with E-state index in [9.17, 15) is 18.8 Å². The van der Waals surface area contributed by atoms with Crippen molar-refractivity contribution in [3.05, 3.63) is 82.5 Å². The molecule has 0 aliphatic heterocycles. The highest BCUT2D eigenvalue weighted by Gasteiger charge is 2.12. The van der Waals surface area contributed by atoms with Gasteiger partial charge in [0.25, 0.3) is 11.5 Å². The molecule has 1 heterocycles. The van der Waals surface area contributed by atoms with E-state index in [1.807, 2.05) is 0 Å². The monoisotopic (exact) mass is 426 g/mol. The standard InChI is InChI=1S/C21H19FN4O5/c1-30-11-12-31-21(29)24-16-4-2-3-15(13-16)23-20(28)18-9-10-19(27)26(25-18)17-7-5-14(22)6-8-17/h2-10,13H,11-12H2,1H3,(H,23,28)(H,24,29). The van der Waals surface area contributed by atoms with Crippen molar-refractivity contribution in [3.63, 3.8) is 0 Å². The van der Waals surface area contributed by atoms with Crippen molar-refractivity contribution < 1.29 is 23.5 Å². The first-order chi connectivity index (χ1) is 15.0. The Labute approximate surface area is 176 Å². The van der Waals surface area contributed by atoms with Crippen molar-refractivity contribution in [2.75, 3.05) is 31.0 Å². The van der Waals surface area contributed by atoms with Gasteiger partial charge in [-0.15, -0.1) is 0 Å². The van der Waals surface area contributed by atoms with Crippen LogP contribution >= 0.6 is 0 Å². The van der Waals surface area contributed by atoms with Crippen LogP contribution in [0.25, 0.3) is 5.69 Å². The second kappa shape index (κ2) is 10.1. The number of benzene rings is 2. The number of methoxy groups -OCH3 is 1. The lowest BCUT2D eigenvalue weighted by Gasteiger charge is -2.10. The lowest BCUT2D eigenvalue weighted by molar-refractivity contribution is 0.102. The average molecular weight is 426 g/mol. The third-order valence-corrected chi connectivity index (χ3v) is 3.99. The fourth-order valence-electron chi connectivity index (χ4n) is 2.54. The molecule has 3 aromatic rings. The van der Waals surface area contributed by atoms with Gasteiger partial charge in [0.15, 0.2) is 0 Å². The SMILES string of the molecule is COCCOC(=O)Nc1cccc(NC(=O)c2ccc(=O)n(-c3ccc(F)cc3)n2)c1. The quantitative estimate of drug-likeness (QED) is 0.562. The average Bonchev–Trinajstić information content (AvgIpc) is 2.75. The normalized spacial score (nSPS) is 10.4. The minimum Gasteiger partial charge on any atom is -0.447 e. The van der Waals surface area contributed by atoms with Gasteiger partial charge in [0.2, 0.25) is 0 Å². The first kappa shape index (κ1) is 21.7. The van der Waals surface area contributed by atoms with E-state index >= 15 is 0 Å². The first-order valence-corrected chi connectivity index (χ1v) is 9.17. The molecule has 0 aliphatic carbocycles. The molecule has 1 aromatic heterocycles. The molecule has 0 atom stereocenters. The Hall–Kier alpha value is -4.05. The number of ether oxygens (including phenoxy) is 2. The summed E-state index contributed by atoms with van der Waals surface area (Å²) in [5, 5.41) is 9.23. The molecule has 2 N–H and O–H groups in total. The number of hydrogen-bond acceptors (Lipinski definition) is 6. The van der Waals surface area contributed by atoms with Crippen LogP contribution in [0.1, 0.15) is 10.5 Å². The van der Waals surface area contributed by atoms with Crippen LogP contribution in [0.2, 0.25) is 0 Å². The fourth-order valence-corrected chi connectivity index (χ4v) is 2.54. The summed E-state index contributed by atoms with van der Waals surface area (Å²) in [4.78, 5) is 36.4. The summed E-state index contributed by atoms with van der Waals surface area (Å²) in [6, 6.07) is 14.0. The number of rotatable bonds is 7. The molecule has 0 bridgehead atoms. The van der Waals surface area contributed by atoms with Crippen molar-refractivity contribution >= 4 is 23.4 Å². The van der Waals surface area contributed by atoms with Gasteiger partial charge in [-0.1, -0.05) is 6.07 Å². The lowest BCUT2D eigenvalue weighted by atomic mass is 10.2. The minimum absolute atomic E-state index is 0.0266. The molecular formula is C21H19FN4O5. The topological polar surface area (TPSA) is 112 Å². The van der Waals surface area contributed by atoms with Crippen molar-refractivity contribution in [1.82, 2.24) is 9.78 Å². The van der Waals surface area contributed by atoms with Crippen LogP contribution in [0.4, 0.5) is 20.6 Å². The zero-order valence-corrected chi connectivity index (χ0v) is 16.5. The van der Waals surface area contributed by atoms with Gasteiger partial charge < -0.3 is 14.8 Å². The third kappa shape index (κ3) is 5.97. The smallest absolute Gasteiger partial charge is 0.411 e. The van der Waals surface area contributed by atoms with E-state index in [2.05, 4.69) is 15.7 Å². The van der Waals surface area contributed by atoms with Crippen molar-refractivity contribution in [2.24, 2.45) is 0 Å². The Bertz CT molecular complexity index is 1130. The number of aromatic nitrogens is 2. The minimum atomic E-state index is -0.659. The second-order valence-corrected chi connectivity index (χ2v) is 6.23. The van der Waals surface area contributed by atoms with Crippen molar-refractivity contribution in [3.8, 4) is 5.69 Å². The molecule has 3 rings (SSSR count). The number of nitrogens with one attached hydrogen (secondary N) is 2. The van der Waals surface area contributed by atoms with Crippen LogP contribution in [0, 0.1) is 5.82 Å². The van der Waals surface area contributed by atoms with Crippen LogP contribution in [0.15, 0.2) is 65.5 Å². The predicted molar refractivity (Wildman–Crippen MR) is 111 cm³/mol. The maximum Gasteiger partial charge on any atom is 0.411 e. The van der Waals surface area contributed by atoms with Gasteiger partial charge in [0.1, 0.15) is 18.1 Å². The fraction of sp³-hybridized carbons (Fsp3) is 0.143. The Morgan fingerprint density at radius 1 is 1.00 bits per heavy atom. The summed E-state index contributed by atoms with van der Waals surface area (Å²) in [5.74, 6) is -1.03. The molecule has 0 saturated carbocycles. The molecule has 31 heavy (non-hydrogen) atoms. The summed E-state index contributed by atoms with van der Waals surface area (Å²) in [7, 11) is 1.49. The van der Waals surface area contributed by atoms with Gasteiger partial charge in [0.05, 0.1) is 12.3 Å². The van der Waals surface area contributed by atoms with E-state index in [0.29, 0.717) is 17.1 Å². The molecule has 0 aliphatic rings. The molecule has 2 amide bonds. The molecule has 2 aromatic carbocycles. The maximum absolute atomic E-state index is 13.1. The molecule has 0 radical (unpaired) electrons. The molecule has 0 spiro atoms. The van der Waals surface area contributed by atoms with Gasteiger partial charge in [-0.2, -0.15) is 9.78 Å². The molecule has 0 unspecified atom stereocenters. The van der Waals surface area contributed by atoms with Gasteiger partial charge in [-0.3, -0.25) is 14.9 Å². The number of amides is 2. The first-order valence-electron chi connectivity index (χ1n) is 9.17. The summed E-state index contributed by atoms with van der Waals surface area (Å²) >= 11 is 0. The lowest BCUT2D eigenvalue weighted by Crippen LogP contribution is -2.25. The zero-order chi connectivity index (χ0) is 22.2. The van der Waals surface area contributed by atoms with Gasteiger partial charge >= 0.3 is 6.09 Å². The number of carbonyl (C=O) groups is 2. The molecular weight excluding hydrogens is 407 g/mol. The summed E-state index contributed by atoms with van der Waals surface area (Å²) in [5.41, 5.74) is 0.618. The van der Waals surface area contributed by atoms with E-state index in [-0.39, 0.29) is 18.9 Å². The van der Waals surface area contributed by atoms with Gasteiger partial charge in [-0.05, 0) is 48.5 Å². The largest absolute Gasteiger partial charge is 0.447 e.